The molecule has 66 valence electrons. The van der Waals surface area contributed by atoms with Crippen LogP contribution in [0.4, 0.5) is 0 Å². The van der Waals surface area contributed by atoms with Crippen LogP contribution in [0.25, 0.3) is 0 Å². The van der Waals surface area contributed by atoms with Gasteiger partial charge in [-0.3, -0.25) is 4.79 Å². The number of nitrogens with two attached hydrogens (primary N) is 4. The molecule has 4 atom stereocenters. The molecular weight excluding hydrogens is 163 g/mol. The predicted molar refractivity (Wildman–Crippen MR) is 47.7 cm³/mol. The number of hydrogen-bond donors (Lipinski definition) is 4. The Labute approximate surface area is 68.0 Å². The van der Waals surface area contributed by atoms with Gasteiger partial charge in [0.15, 0.2) is 5.78 Å². The van der Waals surface area contributed by atoms with Crippen molar-refractivity contribution in [2.45, 2.75) is 17.9 Å². The molecule has 0 radical (unpaired) electrons. The smallest absolute Gasteiger partial charge is 0.169 e. The molecule has 0 heterocycles. The minimum absolute atomic E-state index is 0.101. The first kappa shape index (κ1) is 10.9. The fourth-order valence-corrected chi connectivity index (χ4v) is 0.743. The first-order chi connectivity index (χ1) is 5.00. The van der Waals surface area contributed by atoms with Crippen molar-refractivity contribution in [2.24, 2.45) is 22.9 Å². The van der Waals surface area contributed by atoms with Crippen LogP contribution in [0.5, 0.6) is 0 Å². The molecule has 0 aliphatic heterocycles. The third-order valence-electron chi connectivity index (χ3n) is 1.36. The molecule has 0 rings (SSSR count). The van der Waals surface area contributed by atoms with E-state index in [0.717, 1.165) is 0 Å². The van der Waals surface area contributed by atoms with Crippen molar-refractivity contribution in [3.05, 3.63) is 0 Å². The van der Waals surface area contributed by atoms with E-state index in [4.69, 9.17) is 22.9 Å². The van der Waals surface area contributed by atoms with Crippen molar-refractivity contribution in [3.8, 4) is 0 Å². The average Bonchev–Trinajstić information content (AvgIpc) is 2.00. The van der Waals surface area contributed by atoms with Crippen molar-refractivity contribution >= 4 is 15.0 Å². The van der Waals surface area contributed by atoms with Crippen molar-refractivity contribution in [3.63, 3.8) is 0 Å². The molecule has 8 N–H and O–H groups in total. The number of carbonyl (C=O) groups is 1. The number of ketones is 1. The largest absolute Gasteiger partial charge is 0.328 e. The zero-order chi connectivity index (χ0) is 9.02. The lowest BCUT2D eigenvalue weighted by Crippen LogP contribution is -2.52. The van der Waals surface area contributed by atoms with Crippen LogP contribution >= 0.6 is 9.24 Å². The van der Waals surface area contributed by atoms with E-state index in [2.05, 4.69) is 9.24 Å². The summed E-state index contributed by atoms with van der Waals surface area (Å²) in [6, 6.07) is -1.44. The number of hydrogen-bond acceptors (Lipinski definition) is 5. The first-order valence-corrected chi connectivity index (χ1v) is 3.93. The summed E-state index contributed by atoms with van der Waals surface area (Å²) in [5, 5.41) is 0. The van der Waals surface area contributed by atoms with Gasteiger partial charge in [0.1, 0.15) is 0 Å². The molecule has 0 aromatic carbocycles. The van der Waals surface area contributed by atoms with Gasteiger partial charge in [0, 0.05) is 12.3 Å². The highest BCUT2D eigenvalue weighted by atomic mass is 31.0. The van der Waals surface area contributed by atoms with Gasteiger partial charge in [0.2, 0.25) is 0 Å². The second-order valence-corrected chi connectivity index (χ2v) is 3.12. The Balaban J connectivity index is 4.02. The predicted octanol–water partition coefficient (Wildman–Crippen LogP) is -2.67. The third-order valence-corrected chi connectivity index (χ3v) is 1.78. The average molecular weight is 178 g/mol. The number of carbonyl (C=O) groups excluding carboxylic acids is 1. The molecule has 0 aliphatic carbocycles. The Morgan fingerprint density at radius 2 is 1.82 bits per heavy atom. The normalized spacial score (nSPS) is 19.0. The third kappa shape index (κ3) is 3.22. The fraction of sp³-hybridized carbons (Fsp3) is 0.800. The molecule has 0 aromatic rings. The van der Waals surface area contributed by atoms with Crippen LogP contribution in [0.2, 0.25) is 0 Å². The van der Waals surface area contributed by atoms with E-state index < -0.39 is 17.9 Å². The molecule has 4 unspecified atom stereocenters. The second kappa shape index (κ2) is 4.74. The summed E-state index contributed by atoms with van der Waals surface area (Å²) in [5.41, 5.74) is 21.3. The lowest BCUT2D eigenvalue weighted by molar-refractivity contribution is -0.121. The summed E-state index contributed by atoms with van der Waals surface area (Å²) in [6.07, 6.45) is 0. The molecule has 0 saturated carbocycles. The minimum atomic E-state index is -0.737. The topological polar surface area (TPSA) is 121 Å². The maximum absolute atomic E-state index is 11.1. The maximum Gasteiger partial charge on any atom is 0.169 e. The van der Waals surface area contributed by atoms with Crippen molar-refractivity contribution in [1.82, 2.24) is 0 Å². The molecule has 0 aliphatic rings. The molecule has 5 nitrogen and oxygen atoms in total. The highest BCUT2D eigenvalue weighted by molar-refractivity contribution is 7.17. The Bertz CT molecular complexity index is 140. The lowest BCUT2D eigenvalue weighted by atomic mass is 10.1. The van der Waals surface area contributed by atoms with Crippen LogP contribution in [0.1, 0.15) is 0 Å². The molecule has 0 bridgehead atoms. The summed E-state index contributed by atoms with van der Waals surface area (Å²) in [5.74, 6) is -0.755. The van der Waals surface area contributed by atoms with Crippen LogP contribution in [0.15, 0.2) is 0 Å². The number of rotatable bonds is 4. The zero-order valence-electron chi connectivity index (χ0n) is 6.23. The van der Waals surface area contributed by atoms with E-state index >= 15 is 0 Å². The van der Waals surface area contributed by atoms with Gasteiger partial charge in [-0.1, -0.05) is 0 Å². The zero-order valence-corrected chi connectivity index (χ0v) is 7.39. The van der Waals surface area contributed by atoms with Crippen molar-refractivity contribution in [1.29, 1.82) is 0 Å². The van der Waals surface area contributed by atoms with E-state index in [1.807, 2.05) is 0 Å². The van der Waals surface area contributed by atoms with Gasteiger partial charge in [-0.25, -0.2) is 0 Å². The van der Waals surface area contributed by atoms with Crippen LogP contribution in [-0.2, 0) is 4.79 Å². The number of Topliss-reactive ketones (excluding diaryl/α,β-unsaturated/α-hetero) is 1. The van der Waals surface area contributed by atoms with E-state index in [1.165, 1.54) is 0 Å². The van der Waals surface area contributed by atoms with Gasteiger partial charge < -0.3 is 22.9 Å². The Morgan fingerprint density at radius 1 is 1.36 bits per heavy atom. The second-order valence-electron chi connectivity index (χ2n) is 2.35. The Kier molecular flexibility index (Phi) is 4.72. The molecule has 0 saturated heterocycles. The highest BCUT2D eigenvalue weighted by Crippen LogP contribution is 1.98. The summed E-state index contributed by atoms with van der Waals surface area (Å²) in [7, 11) is 2.24. The van der Waals surface area contributed by atoms with E-state index in [1.54, 1.807) is 0 Å². The van der Waals surface area contributed by atoms with Crippen molar-refractivity contribution < 1.29 is 4.79 Å². The van der Waals surface area contributed by atoms with Gasteiger partial charge in [-0.15, -0.1) is 9.24 Å². The maximum atomic E-state index is 11.1. The van der Waals surface area contributed by atoms with Crippen molar-refractivity contribution in [2.75, 3.05) is 6.54 Å². The summed E-state index contributed by atoms with van der Waals surface area (Å²) in [6.45, 7) is 0.101. The van der Waals surface area contributed by atoms with Gasteiger partial charge in [0.05, 0.1) is 12.1 Å². The first-order valence-electron chi connectivity index (χ1n) is 3.26. The van der Waals surface area contributed by atoms with Crippen LogP contribution in [-0.4, -0.2) is 30.2 Å². The van der Waals surface area contributed by atoms with Crippen LogP contribution in [0.3, 0.4) is 0 Å². The summed E-state index contributed by atoms with van der Waals surface area (Å²) < 4.78 is 0. The molecule has 0 fully saturated rings. The Morgan fingerprint density at radius 3 is 2.09 bits per heavy atom. The quantitative estimate of drug-likeness (QED) is 0.350. The van der Waals surface area contributed by atoms with Crippen LogP contribution < -0.4 is 22.9 Å². The SMILES string of the molecule is NCC(N)C(=O)C(N)C(N)P. The fourth-order valence-electron chi connectivity index (χ4n) is 0.553. The Hall–Kier alpha value is -0.0600. The monoisotopic (exact) mass is 178 g/mol. The summed E-state index contributed by atoms with van der Waals surface area (Å²) in [4.78, 5) is 11.1. The van der Waals surface area contributed by atoms with Gasteiger partial charge in [0.25, 0.3) is 0 Å². The molecular formula is C5H15N4OP. The van der Waals surface area contributed by atoms with Crippen LogP contribution in [0, 0.1) is 0 Å². The van der Waals surface area contributed by atoms with Gasteiger partial charge >= 0.3 is 0 Å². The molecule has 0 amide bonds. The molecule has 11 heavy (non-hydrogen) atoms. The molecule has 0 spiro atoms. The minimum Gasteiger partial charge on any atom is -0.328 e. The summed E-state index contributed by atoms with van der Waals surface area (Å²) >= 11 is 0. The van der Waals surface area contributed by atoms with Gasteiger partial charge in [-0.05, 0) is 0 Å². The molecule has 0 aromatic heterocycles. The van der Waals surface area contributed by atoms with E-state index in [0.29, 0.717) is 0 Å². The molecule has 6 heteroatoms. The highest BCUT2D eigenvalue weighted by Gasteiger charge is 2.22. The lowest BCUT2D eigenvalue weighted by Gasteiger charge is -2.17. The standard InChI is InChI=1S/C5H15N4OP/c6-1-2(7)4(10)3(8)5(9)11/h2-3,5H,1,6-9,11H2. The van der Waals surface area contributed by atoms with Gasteiger partial charge in [-0.2, -0.15) is 0 Å². The van der Waals surface area contributed by atoms with E-state index in [9.17, 15) is 4.79 Å². The van der Waals surface area contributed by atoms with E-state index in [-0.39, 0.29) is 12.3 Å².